The summed E-state index contributed by atoms with van der Waals surface area (Å²) >= 11 is 11.9. The fraction of sp³-hybridized carbons (Fsp3) is 0.500. The molecule has 0 aliphatic rings. The lowest BCUT2D eigenvalue weighted by molar-refractivity contribution is 0.0637. The maximum Gasteiger partial charge on any atom is 0.0701 e. The van der Waals surface area contributed by atoms with Crippen molar-refractivity contribution in [1.29, 1.82) is 0 Å². The summed E-state index contributed by atoms with van der Waals surface area (Å²) in [5.74, 6) is 0. The van der Waals surface area contributed by atoms with Gasteiger partial charge in [0.2, 0.25) is 0 Å². The Bertz CT molecular complexity index is 347. The van der Waals surface area contributed by atoms with Crippen LogP contribution in [0.5, 0.6) is 0 Å². The molecule has 0 heterocycles. The zero-order valence-electron chi connectivity index (χ0n) is 9.79. The van der Waals surface area contributed by atoms with Crippen molar-refractivity contribution in [3.05, 3.63) is 33.8 Å². The minimum absolute atomic E-state index is 0.0946. The fourth-order valence-corrected chi connectivity index (χ4v) is 1.81. The first-order valence-corrected chi connectivity index (χ1v) is 6.15. The molecule has 1 unspecified atom stereocenters. The lowest BCUT2D eigenvalue weighted by Crippen LogP contribution is -2.29. The first kappa shape index (κ1) is 14.7. The Morgan fingerprint density at radius 1 is 1.29 bits per heavy atom. The van der Waals surface area contributed by atoms with Gasteiger partial charge >= 0.3 is 0 Å². The number of benzene rings is 1. The highest BCUT2D eigenvalue weighted by Gasteiger charge is 2.08. The summed E-state index contributed by atoms with van der Waals surface area (Å²) in [4.78, 5) is 0. The highest BCUT2D eigenvalue weighted by Crippen LogP contribution is 2.21. The summed E-state index contributed by atoms with van der Waals surface area (Å²) in [5.41, 5.74) is 6.89. The van der Waals surface area contributed by atoms with E-state index in [0.29, 0.717) is 36.3 Å². The van der Waals surface area contributed by atoms with Gasteiger partial charge in [0.1, 0.15) is 0 Å². The molecule has 0 aliphatic carbocycles. The van der Waals surface area contributed by atoms with Crippen molar-refractivity contribution in [2.24, 2.45) is 5.73 Å². The smallest absolute Gasteiger partial charge is 0.0701 e. The molecule has 0 saturated heterocycles. The number of ether oxygens (including phenoxy) is 2. The van der Waals surface area contributed by atoms with Gasteiger partial charge in [-0.05, 0) is 30.2 Å². The van der Waals surface area contributed by atoms with E-state index in [1.807, 2.05) is 6.07 Å². The molecule has 0 bridgehead atoms. The van der Waals surface area contributed by atoms with Gasteiger partial charge in [-0.3, -0.25) is 0 Å². The van der Waals surface area contributed by atoms with E-state index in [9.17, 15) is 0 Å². The summed E-state index contributed by atoms with van der Waals surface area (Å²) in [7, 11) is 1.63. The number of rotatable bonds is 7. The molecular formula is C12H17Cl2NO2. The van der Waals surface area contributed by atoms with E-state index in [2.05, 4.69) is 0 Å². The first-order valence-electron chi connectivity index (χ1n) is 5.39. The van der Waals surface area contributed by atoms with Crippen LogP contribution in [0.2, 0.25) is 10.0 Å². The van der Waals surface area contributed by atoms with Crippen molar-refractivity contribution in [3.63, 3.8) is 0 Å². The number of halogens is 2. The molecule has 96 valence electrons. The van der Waals surface area contributed by atoms with Gasteiger partial charge < -0.3 is 15.2 Å². The van der Waals surface area contributed by atoms with Crippen LogP contribution in [-0.4, -0.2) is 33.0 Å². The topological polar surface area (TPSA) is 44.5 Å². The van der Waals surface area contributed by atoms with Gasteiger partial charge in [0.05, 0.1) is 19.8 Å². The van der Waals surface area contributed by atoms with Crippen LogP contribution in [0, 0.1) is 0 Å². The molecule has 5 heteroatoms. The van der Waals surface area contributed by atoms with Crippen molar-refractivity contribution < 1.29 is 9.47 Å². The summed E-state index contributed by atoms with van der Waals surface area (Å²) in [6, 6.07) is 5.27. The van der Waals surface area contributed by atoms with Crippen molar-refractivity contribution in [1.82, 2.24) is 0 Å². The monoisotopic (exact) mass is 277 g/mol. The van der Waals surface area contributed by atoms with Crippen molar-refractivity contribution in [2.45, 2.75) is 12.5 Å². The average Bonchev–Trinajstić information content (AvgIpc) is 2.29. The maximum atomic E-state index is 6.05. The molecule has 1 aromatic rings. The van der Waals surface area contributed by atoms with Gasteiger partial charge in [-0.15, -0.1) is 0 Å². The van der Waals surface area contributed by atoms with E-state index in [4.69, 9.17) is 38.4 Å². The Labute approximate surface area is 112 Å². The van der Waals surface area contributed by atoms with Gasteiger partial charge in [-0.25, -0.2) is 0 Å². The minimum Gasteiger partial charge on any atom is -0.382 e. The molecule has 3 nitrogen and oxygen atoms in total. The molecule has 0 aliphatic heterocycles. The lowest BCUT2D eigenvalue weighted by atomic mass is 10.1. The molecule has 0 fully saturated rings. The van der Waals surface area contributed by atoms with E-state index < -0.39 is 0 Å². The van der Waals surface area contributed by atoms with Crippen molar-refractivity contribution >= 4 is 23.2 Å². The van der Waals surface area contributed by atoms with E-state index in [1.165, 1.54) is 0 Å². The molecule has 1 aromatic carbocycles. The number of methoxy groups -OCH3 is 1. The summed E-state index contributed by atoms with van der Waals surface area (Å²) in [6.45, 7) is 1.60. The minimum atomic E-state index is -0.0946. The molecule has 0 aromatic heterocycles. The predicted molar refractivity (Wildman–Crippen MR) is 70.8 cm³/mol. The van der Waals surface area contributed by atoms with Crippen molar-refractivity contribution in [3.8, 4) is 0 Å². The van der Waals surface area contributed by atoms with Crippen LogP contribution in [-0.2, 0) is 15.9 Å². The van der Waals surface area contributed by atoms with Crippen LogP contribution in [0.3, 0.4) is 0 Å². The zero-order chi connectivity index (χ0) is 12.7. The maximum absolute atomic E-state index is 6.05. The average molecular weight is 278 g/mol. The summed E-state index contributed by atoms with van der Waals surface area (Å²) in [6.07, 6.45) is 0.645. The van der Waals surface area contributed by atoms with E-state index in [1.54, 1.807) is 19.2 Å². The molecule has 0 amide bonds. The lowest BCUT2D eigenvalue weighted by Gasteiger charge is -2.13. The van der Waals surface area contributed by atoms with Crippen molar-refractivity contribution in [2.75, 3.05) is 26.9 Å². The molecule has 0 saturated carbocycles. The number of nitrogens with two attached hydrogens (primary N) is 1. The Morgan fingerprint density at radius 3 is 2.76 bits per heavy atom. The Balaban J connectivity index is 2.39. The molecule has 1 rings (SSSR count). The largest absolute Gasteiger partial charge is 0.382 e. The number of hydrogen-bond donors (Lipinski definition) is 1. The molecule has 0 radical (unpaired) electrons. The molecular weight excluding hydrogens is 261 g/mol. The van der Waals surface area contributed by atoms with Crippen LogP contribution in [0.25, 0.3) is 0 Å². The van der Waals surface area contributed by atoms with Gasteiger partial charge in [-0.1, -0.05) is 23.2 Å². The molecule has 2 N–H and O–H groups in total. The Morgan fingerprint density at radius 2 is 2.06 bits per heavy atom. The Hall–Kier alpha value is -0.320. The molecule has 1 atom stereocenters. The van der Waals surface area contributed by atoms with Crippen LogP contribution in [0.4, 0.5) is 0 Å². The van der Waals surface area contributed by atoms with Gasteiger partial charge in [-0.2, -0.15) is 0 Å². The zero-order valence-corrected chi connectivity index (χ0v) is 11.3. The van der Waals surface area contributed by atoms with Gasteiger partial charge in [0.15, 0.2) is 0 Å². The highest BCUT2D eigenvalue weighted by atomic mass is 35.5. The van der Waals surface area contributed by atoms with Crippen LogP contribution in [0.1, 0.15) is 5.56 Å². The van der Waals surface area contributed by atoms with Crippen LogP contribution in [0.15, 0.2) is 18.2 Å². The quantitative estimate of drug-likeness (QED) is 0.779. The highest BCUT2D eigenvalue weighted by molar-refractivity contribution is 6.33. The second-order valence-corrected chi connectivity index (χ2v) is 4.61. The van der Waals surface area contributed by atoms with Gasteiger partial charge in [0.25, 0.3) is 0 Å². The predicted octanol–water partition coefficient (Wildman–Crippen LogP) is 2.53. The van der Waals surface area contributed by atoms with E-state index in [-0.39, 0.29) is 6.04 Å². The SMILES string of the molecule is COCCOCC(N)Cc1cc(Cl)ccc1Cl. The van der Waals surface area contributed by atoms with Crippen LogP contribution >= 0.6 is 23.2 Å². The Kier molecular flexibility index (Phi) is 6.85. The van der Waals surface area contributed by atoms with Crippen LogP contribution < -0.4 is 5.73 Å². The normalized spacial score (nSPS) is 12.7. The molecule has 17 heavy (non-hydrogen) atoms. The third-order valence-electron chi connectivity index (χ3n) is 2.25. The van der Waals surface area contributed by atoms with E-state index >= 15 is 0 Å². The first-order chi connectivity index (χ1) is 8.13. The second kappa shape index (κ2) is 7.90. The molecule has 0 spiro atoms. The number of hydrogen-bond acceptors (Lipinski definition) is 3. The third-order valence-corrected chi connectivity index (χ3v) is 2.86. The summed E-state index contributed by atoms with van der Waals surface area (Å²) in [5, 5.41) is 1.35. The van der Waals surface area contributed by atoms with E-state index in [0.717, 1.165) is 5.56 Å². The third kappa shape index (κ3) is 5.70. The summed E-state index contributed by atoms with van der Waals surface area (Å²) < 4.78 is 10.2. The second-order valence-electron chi connectivity index (χ2n) is 3.77. The van der Waals surface area contributed by atoms with Gasteiger partial charge in [0, 0.05) is 23.2 Å². The fourth-order valence-electron chi connectivity index (χ4n) is 1.42. The standard InChI is InChI=1S/C12H17Cl2NO2/c1-16-4-5-17-8-11(15)7-9-6-10(13)2-3-12(9)14/h2-3,6,11H,4-5,7-8,15H2,1H3.